The molecule has 4 rings (SSSR count). The summed E-state index contributed by atoms with van der Waals surface area (Å²) in [5.41, 5.74) is 0.727. The van der Waals surface area contributed by atoms with Crippen LogP contribution in [0.5, 0.6) is 5.75 Å². The van der Waals surface area contributed by atoms with Crippen molar-refractivity contribution in [2.75, 3.05) is 7.11 Å². The van der Waals surface area contributed by atoms with Gasteiger partial charge in [-0.2, -0.15) is 9.50 Å². The van der Waals surface area contributed by atoms with Crippen molar-refractivity contribution in [3.05, 3.63) is 63.1 Å². The van der Waals surface area contributed by atoms with Crippen LogP contribution in [0, 0.1) is 0 Å². The lowest BCUT2D eigenvalue weighted by Gasteiger charge is -1.98. The molecule has 6 nitrogen and oxygen atoms in total. The summed E-state index contributed by atoms with van der Waals surface area (Å²) >= 11 is 1.30. The lowest BCUT2D eigenvalue weighted by atomic mass is 10.2. The molecule has 0 atom stereocenters. The van der Waals surface area contributed by atoms with Gasteiger partial charge in [-0.3, -0.25) is 4.79 Å². The molecular weight excluding hydrogens is 314 g/mol. The fourth-order valence-electron chi connectivity index (χ4n) is 2.20. The predicted octanol–water partition coefficient (Wildman–Crippen LogP) is 1.97. The van der Waals surface area contributed by atoms with Gasteiger partial charge in [0.15, 0.2) is 5.76 Å². The van der Waals surface area contributed by atoms with Crippen molar-refractivity contribution in [2.24, 2.45) is 0 Å². The first kappa shape index (κ1) is 13.7. The Morgan fingerprint density at radius 2 is 2.09 bits per heavy atom. The van der Waals surface area contributed by atoms with Gasteiger partial charge < -0.3 is 9.15 Å². The van der Waals surface area contributed by atoms with Crippen molar-refractivity contribution < 1.29 is 9.15 Å². The number of furan rings is 1. The zero-order chi connectivity index (χ0) is 15.8. The minimum atomic E-state index is -0.189. The Morgan fingerprint density at radius 3 is 2.74 bits per heavy atom. The molecule has 114 valence electrons. The van der Waals surface area contributed by atoms with Gasteiger partial charge in [0, 0.05) is 0 Å². The standard InChI is InChI=1S/C16H11N3O3S/c1-21-11-6-4-10(5-7-11)9-13-15(20)19-16(23-13)17-14(18-19)12-3-2-8-22-12/h2-9H,1H3/b13-9+. The molecule has 4 aromatic rings. The van der Waals surface area contributed by atoms with Crippen LogP contribution in [0.3, 0.4) is 0 Å². The summed E-state index contributed by atoms with van der Waals surface area (Å²) in [7, 11) is 1.62. The van der Waals surface area contributed by atoms with Crippen LogP contribution in [0.2, 0.25) is 0 Å². The number of methoxy groups -OCH3 is 1. The van der Waals surface area contributed by atoms with Gasteiger partial charge >= 0.3 is 0 Å². The molecule has 0 amide bonds. The van der Waals surface area contributed by atoms with Gasteiger partial charge in [0.2, 0.25) is 10.8 Å². The quantitative estimate of drug-likeness (QED) is 0.576. The lowest BCUT2D eigenvalue weighted by Crippen LogP contribution is -2.23. The first-order valence-corrected chi connectivity index (χ1v) is 7.65. The van der Waals surface area contributed by atoms with Crippen molar-refractivity contribution in [2.45, 2.75) is 0 Å². The van der Waals surface area contributed by atoms with E-state index in [2.05, 4.69) is 10.1 Å². The number of rotatable bonds is 3. The van der Waals surface area contributed by atoms with E-state index in [0.29, 0.717) is 21.1 Å². The molecule has 0 aliphatic heterocycles. The molecule has 0 unspecified atom stereocenters. The Kier molecular flexibility index (Phi) is 3.20. The largest absolute Gasteiger partial charge is 0.497 e. The number of hydrogen-bond donors (Lipinski definition) is 0. The second-order valence-corrected chi connectivity index (χ2v) is 5.81. The highest BCUT2D eigenvalue weighted by Gasteiger charge is 2.13. The molecule has 0 radical (unpaired) electrons. The summed E-state index contributed by atoms with van der Waals surface area (Å²) < 4.78 is 12.3. The average molecular weight is 325 g/mol. The van der Waals surface area contributed by atoms with E-state index in [1.165, 1.54) is 15.9 Å². The zero-order valence-corrected chi connectivity index (χ0v) is 12.9. The SMILES string of the molecule is COc1ccc(/C=c2/sc3nc(-c4ccco4)nn3c2=O)cc1. The van der Waals surface area contributed by atoms with E-state index < -0.39 is 0 Å². The molecule has 3 aromatic heterocycles. The minimum Gasteiger partial charge on any atom is -0.497 e. The van der Waals surface area contributed by atoms with Crippen molar-refractivity contribution in [1.82, 2.24) is 14.6 Å². The summed E-state index contributed by atoms with van der Waals surface area (Å²) in [5.74, 6) is 1.73. The maximum absolute atomic E-state index is 12.4. The van der Waals surface area contributed by atoms with E-state index in [-0.39, 0.29) is 5.56 Å². The molecule has 3 heterocycles. The van der Waals surface area contributed by atoms with E-state index in [1.807, 2.05) is 30.3 Å². The highest BCUT2D eigenvalue weighted by Crippen LogP contribution is 2.16. The van der Waals surface area contributed by atoms with E-state index in [9.17, 15) is 4.79 Å². The minimum absolute atomic E-state index is 0.189. The molecule has 23 heavy (non-hydrogen) atoms. The monoisotopic (exact) mass is 325 g/mol. The van der Waals surface area contributed by atoms with Gasteiger partial charge in [-0.05, 0) is 35.9 Å². The molecule has 0 N–H and O–H groups in total. The molecule has 0 aliphatic rings. The fraction of sp³-hybridized carbons (Fsp3) is 0.0625. The summed E-state index contributed by atoms with van der Waals surface area (Å²) in [6, 6.07) is 11.0. The molecule has 0 spiro atoms. The molecule has 0 aliphatic carbocycles. The van der Waals surface area contributed by atoms with E-state index in [1.54, 1.807) is 25.5 Å². The van der Waals surface area contributed by atoms with Crippen molar-refractivity contribution in [3.8, 4) is 17.3 Å². The smallest absolute Gasteiger partial charge is 0.291 e. The van der Waals surface area contributed by atoms with Gasteiger partial charge in [-0.1, -0.05) is 23.5 Å². The second kappa shape index (κ2) is 5.36. The maximum atomic E-state index is 12.4. The second-order valence-electron chi connectivity index (χ2n) is 4.80. The number of fused-ring (bicyclic) bond motifs is 1. The number of thiazole rings is 1. The van der Waals surface area contributed by atoms with Gasteiger partial charge in [-0.25, -0.2) is 0 Å². The van der Waals surface area contributed by atoms with E-state index in [0.717, 1.165) is 11.3 Å². The summed E-state index contributed by atoms with van der Waals surface area (Å²) in [4.78, 5) is 17.3. The van der Waals surface area contributed by atoms with Crippen LogP contribution in [0.15, 0.2) is 51.9 Å². The summed E-state index contributed by atoms with van der Waals surface area (Å²) in [5, 5.41) is 4.21. The zero-order valence-electron chi connectivity index (χ0n) is 12.1. The topological polar surface area (TPSA) is 69.6 Å². The Labute approximate surface area is 134 Å². The van der Waals surface area contributed by atoms with Crippen LogP contribution in [0.1, 0.15) is 5.56 Å². The van der Waals surface area contributed by atoms with Crippen LogP contribution in [0.25, 0.3) is 22.6 Å². The molecule has 0 saturated carbocycles. The predicted molar refractivity (Wildman–Crippen MR) is 86.6 cm³/mol. The maximum Gasteiger partial charge on any atom is 0.291 e. The molecular formula is C16H11N3O3S. The van der Waals surface area contributed by atoms with Crippen LogP contribution < -0.4 is 14.8 Å². The Morgan fingerprint density at radius 1 is 1.26 bits per heavy atom. The van der Waals surface area contributed by atoms with Gasteiger partial charge in [0.25, 0.3) is 5.56 Å². The van der Waals surface area contributed by atoms with Crippen LogP contribution in [-0.4, -0.2) is 21.7 Å². The van der Waals surface area contributed by atoms with Crippen LogP contribution in [0.4, 0.5) is 0 Å². The molecule has 0 saturated heterocycles. The highest BCUT2D eigenvalue weighted by molar-refractivity contribution is 7.15. The number of ether oxygens (including phenoxy) is 1. The Hall–Kier alpha value is -2.93. The summed E-state index contributed by atoms with van der Waals surface area (Å²) in [6.07, 6.45) is 3.36. The number of benzene rings is 1. The first-order chi connectivity index (χ1) is 11.2. The highest BCUT2D eigenvalue weighted by atomic mass is 32.1. The number of hydrogen-bond acceptors (Lipinski definition) is 6. The Balaban J connectivity index is 1.79. The number of aromatic nitrogens is 3. The van der Waals surface area contributed by atoms with Crippen molar-refractivity contribution in [3.63, 3.8) is 0 Å². The third-order valence-electron chi connectivity index (χ3n) is 3.34. The molecule has 0 fully saturated rings. The normalized spacial score (nSPS) is 12.1. The average Bonchev–Trinajstić information content (AvgIpc) is 3.27. The molecule has 0 bridgehead atoms. The molecule has 1 aromatic carbocycles. The van der Waals surface area contributed by atoms with Crippen molar-refractivity contribution in [1.29, 1.82) is 0 Å². The summed E-state index contributed by atoms with van der Waals surface area (Å²) in [6.45, 7) is 0. The first-order valence-electron chi connectivity index (χ1n) is 6.84. The lowest BCUT2D eigenvalue weighted by molar-refractivity contribution is 0.415. The van der Waals surface area contributed by atoms with Crippen LogP contribution >= 0.6 is 11.3 Å². The van der Waals surface area contributed by atoms with Gasteiger partial charge in [0.1, 0.15) is 5.75 Å². The van der Waals surface area contributed by atoms with E-state index in [4.69, 9.17) is 9.15 Å². The van der Waals surface area contributed by atoms with E-state index >= 15 is 0 Å². The molecule has 7 heteroatoms. The van der Waals surface area contributed by atoms with Gasteiger partial charge in [0.05, 0.1) is 17.9 Å². The number of nitrogens with zero attached hydrogens (tertiary/aromatic N) is 3. The third-order valence-corrected chi connectivity index (χ3v) is 4.30. The van der Waals surface area contributed by atoms with Crippen LogP contribution in [-0.2, 0) is 0 Å². The fourth-order valence-corrected chi connectivity index (χ4v) is 3.10. The van der Waals surface area contributed by atoms with Gasteiger partial charge in [-0.15, -0.1) is 5.10 Å². The third kappa shape index (κ3) is 2.40. The Bertz CT molecular complexity index is 1060. The van der Waals surface area contributed by atoms with Crippen molar-refractivity contribution >= 4 is 22.4 Å².